The number of carboxylic acid groups (broad SMARTS) is 2. The van der Waals surface area contributed by atoms with Gasteiger partial charge in [0.1, 0.15) is 5.75 Å². The summed E-state index contributed by atoms with van der Waals surface area (Å²) in [5, 5.41) is 14.2. The predicted octanol–water partition coefficient (Wildman–Crippen LogP) is 4.80. The monoisotopic (exact) mass is 542 g/mol. The average Bonchev–Trinajstić information content (AvgIpc) is 3.56. The number of rotatable bonds is 5. The molecule has 3 aliphatic rings. The summed E-state index contributed by atoms with van der Waals surface area (Å²) in [7, 11) is 1.73. The topological polar surface area (TPSA) is 90.3 Å². The van der Waals surface area contributed by atoms with E-state index < -0.39 is 24.3 Å². The highest BCUT2D eigenvalue weighted by Gasteiger charge is 2.44. The number of hydrogen-bond acceptors (Lipinski definition) is 5. The molecule has 210 valence electrons. The molecule has 2 N–H and O–H groups in total. The maximum atomic E-state index is 10.6. The third-order valence-corrected chi connectivity index (χ3v) is 6.75. The molecule has 13 heteroatoms. The molecule has 3 fully saturated rings. The van der Waals surface area contributed by atoms with Gasteiger partial charge in [-0.05, 0) is 68.7 Å². The normalized spacial score (nSPS) is 19.9. The van der Waals surface area contributed by atoms with Crippen LogP contribution in [0.15, 0.2) is 24.3 Å². The molecular weight excluding hydrogens is 510 g/mol. The molecule has 1 spiro atoms. The Morgan fingerprint density at radius 1 is 0.919 bits per heavy atom. The molecule has 1 saturated carbocycles. The van der Waals surface area contributed by atoms with E-state index in [-0.39, 0.29) is 0 Å². The van der Waals surface area contributed by atoms with Crippen molar-refractivity contribution in [3.8, 4) is 5.75 Å². The average molecular weight is 543 g/mol. The zero-order chi connectivity index (χ0) is 27.9. The summed E-state index contributed by atoms with van der Waals surface area (Å²) in [5.41, 5.74) is 1.96. The Bertz CT molecular complexity index is 855. The van der Waals surface area contributed by atoms with Crippen LogP contribution in [-0.4, -0.2) is 83.1 Å². The first-order valence-corrected chi connectivity index (χ1v) is 11.9. The maximum Gasteiger partial charge on any atom is 0.490 e. The van der Waals surface area contributed by atoms with Gasteiger partial charge in [0.05, 0.1) is 7.11 Å². The van der Waals surface area contributed by atoms with Crippen LogP contribution in [0.25, 0.3) is 0 Å². The van der Waals surface area contributed by atoms with Crippen LogP contribution in [0.2, 0.25) is 0 Å². The zero-order valence-corrected chi connectivity index (χ0v) is 20.4. The Balaban J connectivity index is 0.000000286. The molecule has 4 rings (SSSR count). The molecule has 0 unspecified atom stereocenters. The van der Waals surface area contributed by atoms with Crippen molar-refractivity contribution in [2.45, 2.75) is 63.0 Å². The van der Waals surface area contributed by atoms with E-state index in [1.54, 1.807) is 7.11 Å². The Labute approximate surface area is 211 Å². The van der Waals surface area contributed by atoms with Gasteiger partial charge in [0, 0.05) is 31.7 Å². The second-order valence-electron chi connectivity index (χ2n) is 9.45. The molecular formula is C24H32F6N2O5. The van der Waals surface area contributed by atoms with Crippen molar-refractivity contribution in [1.29, 1.82) is 0 Å². The van der Waals surface area contributed by atoms with Gasteiger partial charge < -0.3 is 14.9 Å². The van der Waals surface area contributed by atoms with E-state index in [1.165, 1.54) is 70.3 Å². The zero-order valence-electron chi connectivity index (χ0n) is 20.4. The van der Waals surface area contributed by atoms with Gasteiger partial charge in [0.25, 0.3) is 0 Å². The number of likely N-dealkylation sites (tertiary alicyclic amines) is 2. The Hall–Kier alpha value is -2.54. The molecule has 0 bridgehead atoms. The van der Waals surface area contributed by atoms with Crippen molar-refractivity contribution >= 4 is 11.9 Å². The van der Waals surface area contributed by atoms with Crippen LogP contribution >= 0.6 is 0 Å². The lowest BCUT2D eigenvalue weighted by atomic mass is 9.84. The predicted molar refractivity (Wildman–Crippen MR) is 121 cm³/mol. The van der Waals surface area contributed by atoms with Crippen LogP contribution in [0.3, 0.4) is 0 Å². The van der Waals surface area contributed by atoms with Gasteiger partial charge in [-0.3, -0.25) is 9.80 Å². The van der Waals surface area contributed by atoms with Gasteiger partial charge in [-0.2, -0.15) is 26.3 Å². The molecule has 0 amide bonds. The molecule has 2 saturated heterocycles. The number of ether oxygens (including phenoxy) is 1. The van der Waals surface area contributed by atoms with Crippen molar-refractivity contribution in [2.24, 2.45) is 5.92 Å². The highest BCUT2D eigenvalue weighted by Crippen LogP contribution is 2.42. The van der Waals surface area contributed by atoms with Gasteiger partial charge in [-0.1, -0.05) is 12.1 Å². The van der Waals surface area contributed by atoms with Gasteiger partial charge in [-0.25, -0.2) is 9.59 Å². The number of carbonyl (C=O) groups is 2. The molecule has 2 heterocycles. The number of halogens is 6. The molecule has 1 aliphatic carbocycles. The van der Waals surface area contributed by atoms with Gasteiger partial charge in [-0.15, -0.1) is 0 Å². The summed E-state index contributed by atoms with van der Waals surface area (Å²) >= 11 is 0. The first kappa shape index (κ1) is 30.7. The van der Waals surface area contributed by atoms with Crippen LogP contribution in [0.4, 0.5) is 26.3 Å². The molecule has 0 radical (unpaired) electrons. The summed E-state index contributed by atoms with van der Waals surface area (Å²) in [6, 6.07) is 8.57. The Kier molecular flexibility index (Phi) is 10.6. The van der Waals surface area contributed by atoms with Gasteiger partial charge in [0.15, 0.2) is 0 Å². The van der Waals surface area contributed by atoms with Gasteiger partial charge >= 0.3 is 24.3 Å². The van der Waals surface area contributed by atoms with Crippen molar-refractivity contribution < 1.29 is 50.9 Å². The molecule has 1 aromatic rings. The molecule has 37 heavy (non-hydrogen) atoms. The van der Waals surface area contributed by atoms with Crippen LogP contribution in [0.1, 0.15) is 44.1 Å². The highest BCUT2D eigenvalue weighted by molar-refractivity contribution is 5.73. The minimum absolute atomic E-state index is 0.555. The lowest BCUT2D eigenvalue weighted by molar-refractivity contribution is -0.193. The summed E-state index contributed by atoms with van der Waals surface area (Å²) < 4.78 is 68.7. The first-order valence-electron chi connectivity index (χ1n) is 11.9. The standard InChI is InChI=1S/C20H30N2O.2C2HF3O2/c1-23-19-7-5-17(6-8-19)15-21-13-10-20(11-14-21)9-2-12-22(20)16-18-3-4-18;2*3-2(4,5)1(6)7/h5-8,18H,2-4,9-16H2,1H3;2*(H,6,7). The number of carboxylic acids is 2. The number of piperidine rings is 1. The van der Waals surface area contributed by atoms with E-state index in [9.17, 15) is 26.3 Å². The first-order chi connectivity index (χ1) is 17.2. The van der Waals surface area contributed by atoms with E-state index in [1.807, 2.05) is 0 Å². The summed E-state index contributed by atoms with van der Waals surface area (Å²) in [4.78, 5) is 23.3. The molecule has 2 aliphatic heterocycles. The van der Waals surface area contributed by atoms with Crippen LogP contribution in [0, 0.1) is 5.92 Å². The fourth-order valence-corrected chi connectivity index (χ4v) is 4.57. The highest BCUT2D eigenvalue weighted by atomic mass is 19.4. The van der Waals surface area contributed by atoms with Crippen LogP contribution in [0.5, 0.6) is 5.75 Å². The van der Waals surface area contributed by atoms with E-state index in [0.717, 1.165) is 18.2 Å². The van der Waals surface area contributed by atoms with Crippen LogP contribution < -0.4 is 4.74 Å². The number of aliphatic carboxylic acids is 2. The number of alkyl halides is 6. The SMILES string of the molecule is COc1ccc(CN2CCC3(CCCN3CC3CC3)CC2)cc1.O=C(O)C(F)(F)F.O=C(O)C(F)(F)F. The largest absolute Gasteiger partial charge is 0.497 e. The minimum atomic E-state index is -5.08. The van der Waals surface area contributed by atoms with Crippen molar-refractivity contribution in [1.82, 2.24) is 9.80 Å². The fourth-order valence-electron chi connectivity index (χ4n) is 4.57. The van der Waals surface area contributed by atoms with E-state index in [0.29, 0.717) is 5.54 Å². The summed E-state index contributed by atoms with van der Waals surface area (Å²) in [6.45, 7) is 6.34. The van der Waals surface area contributed by atoms with Crippen LogP contribution in [-0.2, 0) is 16.1 Å². The third kappa shape index (κ3) is 10.0. The number of benzene rings is 1. The quantitative estimate of drug-likeness (QED) is 0.517. The maximum absolute atomic E-state index is 10.6. The number of nitrogens with zero attached hydrogens (tertiary/aromatic N) is 2. The van der Waals surface area contributed by atoms with Crippen molar-refractivity contribution in [3.05, 3.63) is 29.8 Å². The van der Waals surface area contributed by atoms with Crippen molar-refractivity contribution in [2.75, 3.05) is 33.3 Å². The van der Waals surface area contributed by atoms with Crippen molar-refractivity contribution in [3.63, 3.8) is 0 Å². The second kappa shape index (κ2) is 12.8. The Morgan fingerprint density at radius 2 is 1.41 bits per heavy atom. The van der Waals surface area contributed by atoms with E-state index in [4.69, 9.17) is 24.5 Å². The second-order valence-corrected chi connectivity index (χ2v) is 9.45. The number of methoxy groups -OCH3 is 1. The summed E-state index contributed by atoms with van der Waals surface area (Å²) in [5.74, 6) is -3.53. The van der Waals surface area contributed by atoms with E-state index in [2.05, 4.69) is 34.1 Å². The minimum Gasteiger partial charge on any atom is -0.497 e. The third-order valence-electron chi connectivity index (χ3n) is 6.75. The molecule has 0 aromatic heterocycles. The lowest BCUT2D eigenvalue weighted by Crippen LogP contribution is -2.52. The number of hydrogen-bond donors (Lipinski definition) is 2. The Morgan fingerprint density at radius 3 is 1.81 bits per heavy atom. The fraction of sp³-hybridized carbons (Fsp3) is 0.667. The molecule has 7 nitrogen and oxygen atoms in total. The van der Waals surface area contributed by atoms with Gasteiger partial charge in [0.2, 0.25) is 0 Å². The smallest absolute Gasteiger partial charge is 0.490 e. The van der Waals surface area contributed by atoms with E-state index >= 15 is 0 Å². The summed E-state index contributed by atoms with van der Waals surface area (Å²) in [6.07, 6.45) is -1.60. The molecule has 0 atom stereocenters. The lowest BCUT2D eigenvalue weighted by Gasteiger charge is -2.45. The molecule has 1 aromatic carbocycles.